The van der Waals surface area contributed by atoms with Gasteiger partial charge in [0, 0.05) is 0 Å². The third-order valence-corrected chi connectivity index (χ3v) is 16.9. The number of carboxylic acid groups (broad SMARTS) is 1. The van der Waals surface area contributed by atoms with Gasteiger partial charge in [0.1, 0.15) is 42.7 Å². The van der Waals surface area contributed by atoms with E-state index in [2.05, 4.69) is 54.5 Å². The Kier molecular flexibility index (Phi) is 10.2. The van der Waals surface area contributed by atoms with Gasteiger partial charge in [-0.25, -0.2) is 0 Å². The summed E-state index contributed by atoms with van der Waals surface area (Å²) in [5.74, 6) is 0.147. The van der Waals surface area contributed by atoms with Crippen molar-refractivity contribution < 1.29 is 59.5 Å². The van der Waals surface area contributed by atoms with Gasteiger partial charge in [-0.2, -0.15) is 0 Å². The monoisotopic (exact) mass is 750 g/mol. The lowest BCUT2D eigenvalue weighted by Gasteiger charge is -2.71. The summed E-state index contributed by atoms with van der Waals surface area (Å²) in [6.07, 6.45) is -1.79. The minimum atomic E-state index is -1.69. The Labute approximate surface area is 314 Å². The topological polar surface area (TPSA) is 196 Å². The standard InChI is InChI=1S/C41H66O12/c1-36(2)14-16-41(35(48)49)17-15-39(6)21(22(41)18-36)8-9-26-38(5)12-11-27(37(3,4)25(38)10-13-40(26,39)7)52-34-32(28(44)23(43)20-50-34)53-33-31(47)30(46)29(45)24(19-42)51-33/h8,22-34,42-47H,9-20H2,1-7H3,(H,48,49)/t22-,23-,24+,25-,26+,27-,28-,29+,30-,31+,32+,33-,34-,38-,39+,40+,41-/m0/s1. The molecule has 5 aliphatic carbocycles. The number of carboxylic acids is 1. The maximum Gasteiger partial charge on any atom is 0.310 e. The maximum absolute atomic E-state index is 13.0. The van der Waals surface area contributed by atoms with Crippen molar-refractivity contribution in [2.75, 3.05) is 13.2 Å². The summed E-state index contributed by atoms with van der Waals surface area (Å²) in [5.41, 5.74) is 0.450. The summed E-state index contributed by atoms with van der Waals surface area (Å²) in [4.78, 5) is 13.0. The Morgan fingerprint density at radius 1 is 0.811 bits per heavy atom. The highest BCUT2D eigenvalue weighted by atomic mass is 16.8. The second-order valence-electron chi connectivity index (χ2n) is 20.2. The van der Waals surface area contributed by atoms with Crippen LogP contribution in [0.25, 0.3) is 0 Å². The van der Waals surface area contributed by atoms with E-state index in [4.69, 9.17) is 18.9 Å². The van der Waals surface area contributed by atoms with Crippen molar-refractivity contribution >= 4 is 5.97 Å². The van der Waals surface area contributed by atoms with Crippen molar-refractivity contribution in [1.29, 1.82) is 0 Å². The molecule has 2 aliphatic heterocycles. The van der Waals surface area contributed by atoms with Crippen LogP contribution in [0.2, 0.25) is 0 Å². The van der Waals surface area contributed by atoms with E-state index in [1.54, 1.807) is 0 Å². The maximum atomic E-state index is 13.0. The quantitative estimate of drug-likeness (QED) is 0.155. The van der Waals surface area contributed by atoms with Crippen molar-refractivity contribution in [3.05, 3.63) is 11.6 Å². The van der Waals surface area contributed by atoms with E-state index in [9.17, 15) is 40.5 Å². The van der Waals surface area contributed by atoms with E-state index >= 15 is 0 Å². The summed E-state index contributed by atoms with van der Waals surface area (Å²) < 4.78 is 24.3. The summed E-state index contributed by atoms with van der Waals surface area (Å²) in [5, 5.41) is 73.3. The van der Waals surface area contributed by atoms with Crippen LogP contribution in [0.15, 0.2) is 11.6 Å². The molecule has 12 heteroatoms. The number of rotatable bonds is 6. The van der Waals surface area contributed by atoms with E-state index in [0.29, 0.717) is 11.8 Å². The van der Waals surface area contributed by atoms with Gasteiger partial charge in [-0.15, -0.1) is 0 Å². The predicted octanol–water partition coefficient (Wildman–Crippen LogP) is 3.52. The molecule has 0 radical (unpaired) electrons. The molecule has 0 spiro atoms. The molecule has 0 bridgehead atoms. The SMILES string of the molecule is CC1(C)CC[C@]2(C(=O)O)CC[C@]3(C)C(=CC[C@@H]4[C@@]5(C)CC[C@H](O[C@@H]6OC[C@H](O)[C@H](O)[C@H]6O[C@@H]6O[C@H](CO)[C@@H](O)[C@H](O)[C@H]6O)C(C)(C)[C@@H]5CC[C@]43C)[C@@H]2C1. The molecule has 17 atom stereocenters. The van der Waals surface area contributed by atoms with Gasteiger partial charge < -0.3 is 54.7 Å². The van der Waals surface area contributed by atoms with Gasteiger partial charge in [0.25, 0.3) is 0 Å². The number of ether oxygens (including phenoxy) is 4. The Bertz CT molecular complexity index is 1430. The number of carbonyl (C=O) groups is 1. The van der Waals surface area contributed by atoms with Gasteiger partial charge in [-0.1, -0.05) is 60.1 Å². The molecule has 0 aromatic carbocycles. The fourth-order valence-electron chi connectivity index (χ4n) is 13.4. The largest absolute Gasteiger partial charge is 0.481 e. The van der Waals surface area contributed by atoms with Crippen LogP contribution in [-0.4, -0.2) is 116 Å². The zero-order valence-corrected chi connectivity index (χ0v) is 32.7. The summed E-state index contributed by atoms with van der Waals surface area (Å²) >= 11 is 0. The first-order chi connectivity index (χ1) is 24.7. The van der Waals surface area contributed by atoms with Crippen molar-refractivity contribution in [2.24, 2.45) is 50.2 Å². The van der Waals surface area contributed by atoms with Crippen LogP contribution in [0.1, 0.15) is 113 Å². The van der Waals surface area contributed by atoms with E-state index in [1.807, 2.05) is 0 Å². The van der Waals surface area contributed by atoms with Crippen LogP contribution < -0.4 is 0 Å². The average molecular weight is 751 g/mol. The molecule has 53 heavy (non-hydrogen) atoms. The second-order valence-corrected chi connectivity index (χ2v) is 20.2. The summed E-state index contributed by atoms with van der Waals surface area (Å²) in [6, 6.07) is 0. The number of allylic oxidation sites excluding steroid dienone is 2. The molecule has 4 saturated carbocycles. The number of aliphatic carboxylic acids is 1. The highest BCUT2D eigenvalue weighted by Crippen LogP contribution is 2.76. The van der Waals surface area contributed by atoms with E-state index in [1.165, 1.54) is 5.57 Å². The van der Waals surface area contributed by atoms with Crippen molar-refractivity contribution in [3.63, 3.8) is 0 Å². The second kappa shape index (κ2) is 13.5. The zero-order chi connectivity index (χ0) is 38.7. The lowest BCUT2D eigenvalue weighted by molar-refractivity contribution is -0.367. The Hall–Kier alpha value is -1.19. The molecule has 6 fully saturated rings. The molecule has 7 rings (SSSR count). The third kappa shape index (κ3) is 5.94. The molecule has 7 N–H and O–H groups in total. The van der Waals surface area contributed by atoms with Gasteiger partial charge in [-0.3, -0.25) is 4.79 Å². The molecule has 302 valence electrons. The molecule has 0 unspecified atom stereocenters. The molecule has 2 heterocycles. The smallest absolute Gasteiger partial charge is 0.310 e. The van der Waals surface area contributed by atoms with Crippen molar-refractivity contribution in [3.8, 4) is 0 Å². The number of aliphatic hydroxyl groups is 6. The average Bonchev–Trinajstić information content (AvgIpc) is 3.08. The molecular weight excluding hydrogens is 684 g/mol. The highest BCUT2D eigenvalue weighted by molar-refractivity contribution is 5.76. The van der Waals surface area contributed by atoms with Crippen LogP contribution in [0.5, 0.6) is 0 Å². The number of hydrogen-bond acceptors (Lipinski definition) is 11. The molecule has 7 aliphatic rings. The van der Waals surface area contributed by atoms with Crippen LogP contribution in [0, 0.1) is 50.2 Å². The molecule has 0 amide bonds. The van der Waals surface area contributed by atoms with E-state index in [0.717, 1.165) is 64.2 Å². The molecular formula is C41H66O12. The Morgan fingerprint density at radius 3 is 2.19 bits per heavy atom. The van der Waals surface area contributed by atoms with Crippen LogP contribution in [0.4, 0.5) is 0 Å². The number of aliphatic hydroxyl groups excluding tert-OH is 6. The van der Waals surface area contributed by atoms with E-state index < -0.39 is 73.3 Å². The van der Waals surface area contributed by atoms with Crippen molar-refractivity contribution in [1.82, 2.24) is 0 Å². The van der Waals surface area contributed by atoms with Gasteiger partial charge in [0.05, 0.1) is 24.7 Å². The fourth-order valence-corrected chi connectivity index (χ4v) is 13.4. The first-order valence-corrected chi connectivity index (χ1v) is 20.2. The molecule has 12 nitrogen and oxygen atoms in total. The van der Waals surface area contributed by atoms with Crippen molar-refractivity contribution in [2.45, 2.75) is 174 Å². The highest BCUT2D eigenvalue weighted by Gasteiger charge is 2.69. The molecule has 0 aromatic rings. The minimum Gasteiger partial charge on any atom is -0.481 e. The first-order valence-electron chi connectivity index (χ1n) is 20.2. The summed E-state index contributed by atoms with van der Waals surface area (Å²) in [7, 11) is 0. The first kappa shape index (κ1) is 40.0. The Balaban J connectivity index is 1.13. The molecule has 0 aromatic heterocycles. The van der Waals surface area contributed by atoms with Gasteiger partial charge in [0.2, 0.25) is 0 Å². The zero-order valence-electron chi connectivity index (χ0n) is 32.7. The van der Waals surface area contributed by atoms with Crippen LogP contribution >= 0.6 is 0 Å². The molecule has 2 saturated heterocycles. The lowest BCUT2D eigenvalue weighted by Crippen LogP contribution is -2.66. The van der Waals surface area contributed by atoms with Gasteiger partial charge in [-0.05, 0) is 109 Å². The Morgan fingerprint density at radius 2 is 1.51 bits per heavy atom. The van der Waals surface area contributed by atoms with E-state index in [-0.39, 0.29) is 45.7 Å². The lowest BCUT2D eigenvalue weighted by atomic mass is 9.33. The fraction of sp³-hybridized carbons (Fsp3) is 0.927. The third-order valence-electron chi connectivity index (χ3n) is 16.9. The van der Waals surface area contributed by atoms with Gasteiger partial charge in [0.15, 0.2) is 12.6 Å². The minimum absolute atomic E-state index is 0.00935. The number of fused-ring (bicyclic) bond motifs is 7. The predicted molar refractivity (Wildman–Crippen MR) is 192 cm³/mol. The summed E-state index contributed by atoms with van der Waals surface area (Å²) in [6.45, 7) is 15.7. The normalized spacial score (nSPS) is 53.3. The van der Waals surface area contributed by atoms with Gasteiger partial charge >= 0.3 is 5.97 Å². The number of hydrogen-bond donors (Lipinski definition) is 7. The van der Waals surface area contributed by atoms with Crippen LogP contribution in [0.3, 0.4) is 0 Å². The van der Waals surface area contributed by atoms with Crippen LogP contribution in [-0.2, 0) is 23.7 Å².